The lowest BCUT2D eigenvalue weighted by atomic mass is 10.1. The van der Waals surface area contributed by atoms with Crippen molar-refractivity contribution >= 4 is 29.5 Å². The molecule has 0 unspecified atom stereocenters. The topological polar surface area (TPSA) is 94.2 Å². The van der Waals surface area contributed by atoms with Crippen LogP contribution < -0.4 is 19.9 Å². The van der Waals surface area contributed by atoms with Crippen molar-refractivity contribution in [2.24, 2.45) is 0 Å². The summed E-state index contributed by atoms with van der Waals surface area (Å²) in [4.78, 5) is 36.5. The van der Waals surface area contributed by atoms with Crippen LogP contribution in [0.25, 0.3) is 6.08 Å². The summed E-state index contributed by atoms with van der Waals surface area (Å²) in [6.07, 6.45) is 0.649. The lowest BCUT2D eigenvalue weighted by Crippen LogP contribution is -2.35. The fourth-order valence-corrected chi connectivity index (χ4v) is 2.76. The van der Waals surface area contributed by atoms with Gasteiger partial charge in [-0.2, -0.15) is 0 Å². The number of ether oxygens (including phenoxy) is 3. The monoisotopic (exact) mass is 396 g/mol. The van der Waals surface area contributed by atoms with Crippen LogP contribution >= 0.6 is 0 Å². The molecule has 1 N–H and O–H groups in total. The molecule has 29 heavy (non-hydrogen) atoms. The molecule has 1 atom stereocenters. The lowest BCUT2D eigenvalue weighted by molar-refractivity contribution is -0.148. The molecule has 0 bridgehead atoms. The molecule has 1 saturated heterocycles. The van der Waals surface area contributed by atoms with Crippen LogP contribution in [0.2, 0.25) is 0 Å². The molecule has 1 heterocycles. The van der Waals surface area contributed by atoms with E-state index in [9.17, 15) is 14.4 Å². The van der Waals surface area contributed by atoms with Crippen molar-refractivity contribution < 1.29 is 28.6 Å². The fourth-order valence-electron chi connectivity index (χ4n) is 2.76. The van der Waals surface area contributed by atoms with Crippen LogP contribution in [0.4, 0.5) is 5.69 Å². The van der Waals surface area contributed by atoms with Gasteiger partial charge in [0.15, 0.2) is 17.6 Å². The summed E-state index contributed by atoms with van der Waals surface area (Å²) in [7, 11) is 2.73. The molecule has 0 radical (unpaired) electrons. The maximum atomic E-state index is 12.7. The standard InChI is InChI=1S/C21H20N2O6/c1-13(21(26)28-3)29-17-10-9-14(12-18(17)27-2)11-16-19(24)22-23(20(16)25)15-7-5-4-6-8-15/h4-13H,1-3H3,(H,22,24)/b16-11-/t13-/m1/s1. The van der Waals surface area contributed by atoms with Gasteiger partial charge in [0, 0.05) is 0 Å². The number of carbonyl (C=O) groups excluding carboxylic acids is 3. The van der Waals surface area contributed by atoms with E-state index in [1.165, 1.54) is 25.3 Å². The Labute approximate surface area is 167 Å². The molecule has 8 heteroatoms. The van der Waals surface area contributed by atoms with Gasteiger partial charge >= 0.3 is 5.97 Å². The van der Waals surface area contributed by atoms with Gasteiger partial charge in [-0.25, -0.2) is 9.80 Å². The lowest BCUT2D eigenvalue weighted by Gasteiger charge is -2.15. The van der Waals surface area contributed by atoms with E-state index in [4.69, 9.17) is 9.47 Å². The van der Waals surface area contributed by atoms with Crippen molar-refractivity contribution in [3.63, 3.8) is 0 Å². The van der Waals surface area contributed by atoms with E-state index in [2.05, 4.69) is 10.2 Å². The molecule has 3 rings (SSSR count). The number of carbonyl (C=O) groups is 3. The second kappa shape index (κ2) is 8.47. The number of benzene rings is 2. The van der Waals surface area contributed by atoms with Gasteiger partial charge < -0.3 is 14.2 Å². The summed E-state index contributed by atoms with van der Waals surface area (Å²) in [5.74, 6) is -0.800. The Morgan fingerprint density at radius 2 is 1.79 bits per heavy atom. The number of hydrogen-bond donors (Lipinski definition) is 1. The Hall–Kier alpha value is -3.81. The number of hydrogen-bond acceptors (Lipinski definition) is 6. The van der Waals surface area contributed by atoms with Gasteiger partial charge in [0.2, 0.25) is 0 Å². The smallest absolute Gasteiger partial charge is 0.346 e. The molecule has 1 aliphatic heterocycles. The Balaban J connectivity index is 1.85. The highest BCUT2D eigenvalue weighted by molar-refractivity contribution is 6.31. The number of nitrogens with zero attached hydrogens (tertiary/aromatic N) is 1. The third kappa shape index (κ3) is 4.21. The Bertz CT molecular complexity index is 970. The summed E-state index contributed by atoms with van der Waals surface area (Å²) in [6, 6.07) is 13.7. The van der Waals surface area contributed by atoms with Crippen LogP contribution in [0.5, 0.6) is 11.5 Å². The first-order valence-electron chi connectivity index (χ1n) is 8.79. The highest BCUT2D eigenvalue weighted by Crippen LogP contribution is 2.30. The van der Waals surface area contributed by atoms with Crippen LogP contribution in [0, 0.1) is 0 Å². The zero-order chi connectivity index (χ0) is 21.0. The molecule has 0 spiro atoms. The second-order valence-electron chi connectivity index (χ2n) is 6.17. The molecule has 8 nitrogen and oxygen atoms in total. The molecule has 150 valence electrons. The number of amides is 2. The van der Waals surface area contributed by atoms with E-state index in [0.29, 0.717) is 22.7 Å². The average molecular weight is 396 g/mol. The van der Waals surface area contributed by atoms with Gasteiger partial charge in [-0.15, -0.1) is 0 Å². The molecule has 0 aromatic heterocycles. The van der Waals surface area contributed by atoms with Gasteiger partial charge in [0.1, 0.15) is 5.57 Å². The quantitative estimate of drug-likeness (QED) is 0.457. The molecule has 2 amide bonds. The average Bonchev–Trinajstić information content (AvgIpc) is 3.02. The Morgan fingerprint density at radius 3 is 2.45 bits per heavy atom. The first-order chi connectivity index (χ1) is 13.9. The van der Waals surface area contributed by atoms with Crippen LogP contribution in [-0.2, 0) is 19.1 Å². The number of anilines is 1. The summed E-state index contributed by atoms with van der Waals surface area (Å²) in [5.41, 5.74) is 3.66. The molecule has 0 aliphatic carbocycles. The first kappa shape index (κ1) is 19.9. The molecule has 1 fully saturated rings. The maximum Gasteiger partial charge on any atom is 0.346 e. The highest BCUT2D eigenvalue weighted by atomic mass is 16.6. The van der Waals surface area contributed by atoms with E-state index >= 15 is 0 Å². The molecule has 2 aromatic carbocycles. The summed E-state index contributed by atoms with van der Waals surface area (Å²) < 4.78 is 15.5. The minimum atomic E-state index is -0.820. The first-order valence-corrected chi connectivity index (χ1v) is 8.79. The second-order valence-corrected chi connectivity index (χ2v) is 6.17. The number of hydrazine groups is 1. The largest absolute Gasteiger partial charge is 0.493 e. The summed E-state index contributed by atoms with van der Waals surface area (Å²) in [5, 5.41) is 1.20. The van der Waals surface area contributed by atoms with Crippen molar-refractivity contribution in [1.29, 1.82) is 0 Å². The fraction of sp³-hybridized carbons (Fsp3) is 0.190. The molecule has 2 aromatic rings. The van der Waals surface area contributed by atoms with E-state index in [0.717, 1.165) is 0 Å². The minimum absolute atomic E-state index is 0.00694. The predicted octanol–water partition coefficient (Wildman–Crippen LogP) is 2.10. The van der Waals surface area contributed by atoms with Gasteiger partial charge in [-0.1, -0.05) is 24.3 Å². The zero-order valence-electron chi connectivity index (χ0n) is 16.2. The summed E-state index contributed by atoms with van der Waals surface area (Å²) in [6.45, 7) is 1.56. The van der Waals surface area contributed by atoms with Crippen molar-refractivity contribution in [3.8, 4) is 11.5 Å². The van der Waals surface area contributed by atoms with Gasteiger partial charge in [0.25, 0.3) is 11.8 Å². The van der Waals surface area contributed by atoms with Crippen molar-refractivity contribution in [3.05, 3.63) is 59.7 Å². The predicted molar refractivity (Wildman–Crippen MR) is 105 cm³/mol. The number of esters is 1. The molecular weight excluding hydrogens is 376 g/mol. The third-order valence-corrected chi connectivity index (χ3v) is 4.24. The SMILES string of the molecule is COC(=O)[C@@H](C)Oc1ccc(/C=C2/C(=O)NN(c3ccccc3)C2=O)cc1OC. The number of nitrogens with one attached hydrogen (secondary N) is 1. The highest BCUT2D eigenvalue weighted by Gasteiger charge is 2.34. The van der Waals surface area contributed by atoms with Gasteiger partial charge in [-0.3, -0.25) is 15.0 Å². The Morgan fingerprint density at radius 1 is 1.07 bits per heavy atom. The van der Waals surface area contributed by atoms with Gasteiger partial charge in [-0.05, 0) is 42.8 Å². The van der Waals surface area contributed by atoms with Crippen molar-refractivity contribution in [2.75, 3.05) is 19.2 Å². The van der Waals surface area contributed by atoms with Crippen molar-refractivity contribution in [1.82, 2.24) is 5.43 Å². The van der Waals surface area contributed by atoms with Crippen molar-refractivity contribution in [2.45, 2.75) is 13.0 Å². The minimum Gasteiger partial charge on any atom is -0.493 e. The molecule has 1 aliphatic rings. The van der Waals surface area contributed by atoms with Crippen LogP contribution in [0.3, 0.4) is 0 Å². The Kier molecular flexibility index (Phi) is 5.82. The van der Waals surface area contributed by atoms with Crippen LogP contribution in [0.15, 0.2) is 54.1 Å². The van der Waals surface area contributed by atoms with Gasteiger partial charge in [0.05, 0.1) is 19.9 Å². The normalized spacial score (nSPS) is 15.8. The zero-order valence-corrected chi connectivity index (χ0v) is 16.2. The van der Waals surface area contributed by atoms with Crippen LogP contribution in [0.1, 0.15) is 12.5 Å². The number of para-hydroxylation sites is 1. The number of methoxy groups -OCH3 is 2. The summed E-state index contributed by atoms with van der Waals surface area (Å²) >= 11 is 0. The van der Waals surface area contributed by atoms with E-state index in [-0.39, 0.29) is 5.57 Å². The van der Waals surface area contributed by atoms with E-state index in [1.54, 1.807) is 49.4 Å². The van der Waals surface area contributed by atoms with E-state index in [1.807, 2.05) is 6.07 Å². The third-order valence-electron chi connectivity index (χ3n) is 4.24. The maximum absolute atomic E-state index is 12.7. The van der Waals surface area contributed by atoms with Crippen LogP contribution in [-0.4, -0.2) is 38.1 Å². The number of rotatable bonds is 6. The molecular formula is C21H20N2O6. The van der Waals surface area contributed by atoms with E-state index < -0.39 is 23.9 Å². The molecule has 0 saturated carbocycles.